The van der Waals surface area contributed by atoms with Crippen molar-refractivity contribution in [1.29, 1.82) is 0 Å². The van der Waals surface area contributed by atoms with Gasteiger partial charge in [-0.15, -0.1) is 0 Å². The van der Waals surface area contributed by atoms with Gasteiger partial charge >= 0.3 is 0 Å². The quantitative estimate of drug-likeness (QED) is 0.708. The summed E-state index contributed by atoms with van der Waals surface area (Å²) < 4.78 is 6.17. The van der Waals surface area contributed by atoms with Crippen LogP contribution >= 0.6 is 0 Å². The summed E-state index contributed by atoms with van der Waals surface area (Å²) in [5.41, 5.74) is 1.97. The Hall–Kier alpha value is -0.600. The molecule has 2 bridgehead atoms. The van der Waals surface area contributed by atoms with Gasteiger partial charge in [-0.25, -0.2) is 0 Å². The number of hydrogen-bond donors (Lipinski definition) is 1. The Balaban J connectivity index is 2.26. The number of ether oxygens (including phenoxy) is 1. The van der Waals surface area contributed by atoms with Crippen molar-refractivity contribution in [3.05, 3.63) is 24.3 Å². The number of aliphatic hydroxyl groups excluding tert-OH is 1. The monoisotopic (exact) mass is 236 g/mol. The maximum Gasteiger partial charge on any atom is 0.0920 e. The fraction of sp³-hybridized carbons (Fsp3) is 0.733. The highest BCUT2D eigenvalue weighted by Gasteiger charge is 2.42. The molecule has 0 aromatic carbocycles. The van der Waals surface area contributed by atoms with Crippen LogP contribution in [0.25, 0.3) is 0 Å². The maximum absolute atomic E-state index is 10.2. The summed E-state index contributed by atoms with van der Waals surface area (Å²) in [6.07, 6.45) is 4.35. The first-order valence-electron chi connectivity index (χ1n) is 6.61. The molecule has 1 unspecified atom stereocenters. The molecule has 2 fully saturated rings. The molecule has 2 aliphatic heterocycles. The molecule has 0 spiro atoms. The van der Waals surface area contributed by atoms with E-state index in [1.165, 1.54) is 5.57 Å². The van der Waals surface area contributed by atoms with E-state index < -0.39 is 5.60 Å². The van der Waals surface area contributed by atoms with Crippen LogP contribution in [0.3, 0.4) is 0 Å². The second-order valence-electron chi connectivity index (χ2n) is 5.95. The molecule has 2 aliphatic rings. The molecule has 2 heteroatoms. The van der Waals surface area contributed by atoms with Crippen molar-refractivity contribution in [2.75, 3.05) is 0 Å². The van der Waals surface area contributed by atoms with E-state index in [1.54, 1.807) is 0 Å². The predicted octanol–water partition coefficient (Wildman–Crippen LogP) is 3.22. The maximum atomic E-state index is 10.2. The SMILES string of the molecule is C=C(C)C1CC[C@@]2(C)O[C@@H](C1)C(=C)CC[C@@H]2O. The molecular formula is C15H24O2. The van der Waals surface area contributed by atoms with E-state index in [4.69, 9.17) is 4.74 Å². The van der Waals surface area contributed by atoms with E-state index in [2.05, 4.69) is 20.1 Å². The zero-order valence-corrected chi connectivity index (χ0v) is 11.0. The Bertz CT molecular complexity index is 334. The summed E-state index contributed by atoms with van der Waals surface area (Å²) in [4.78, 5) is 0. The van der Waals surface area contributed by atoms with Crippen molar-refractivity contribution < 1.29 is 9.84 Å². The van der Waals surface area contributed by atoms with Crippen LogP contribution in [0.4, 0.5) is 0 Å². The average Bonchev–Trinajstić information content (AvgIpc) is 2.50. The third-order valence-electron chi connectivity index (χ3n) is 4.50. The summed E-state index contributed by atoms with van der Waals surface area (Å²) in [6.45, 7) is 12.3. The number of rotatable bonds is 1. The Morgan fingerprint density at radius 2 is 2.18 bits per heavy atom. The Morgan fingerprint density at radius 1 is 1.47 bits per heavy atom. The number of fused-ring (bicyclic) bond motifs is 2. The standard InChI is InChI=1S/C15H24O2/c1-10(2)12-7-8-15(4)14(16)6-5-11(3)13(9-12)17-15/h12-14,16H,1,3,5-9H2,2,4H3/t12?,13-,14-,15+/m0/s1. The van der Waals surface area contributed by atoms with Crippen molar-refractivity contribution in [2.24, 2.45) is 5.92 Å². The third kappa shape index (κ3) is 2.48. The highest BCUT2D eigenvalue weighted by Crippen LogP contribution is 2.41. The molecule has 4 atom stereocenters. The van der Waals surface area contributed by atoms with E-state index in [-0.39, 0.29) is 12.2 Å². The molecular weight excluding hydrogens is 212 g/mol. The van der Waals surface area contributed by atoms with Gasteiger partial charge in [-0.1, -0.05) is 18.7 Å². The Kier molecular flexibility index (Phi) is 3.46. The lowest BCUT2D eigenvalue weighted by molar-refractivity contribution is -0.126. The molecule has 0 radical (unpaired) electrons. The molecule has 0 amide bonds. The van der Waals surface area contributed by atoms with Gasteiger partial charge in [-0.3, -0.25) is 0 Å². The van der Waals surface area contributed by atoms with Crippen molar-refractivity contribution >= 4 is 0 Å². The van der Waals surface area contributed by atoms with Gasteiger partial charge in [0.05, 0.1) is 17.8 Å². The molecule has 2 nitrogen and oxygen atoms in total. The minimum atomic E-state index is -0.395. The van der Waals surface area contributed by atoms with Gasteiger partial charge in [0.1, 0.15) is 0 Å². The molecule has 2 saturated heterocycles. The van der Waals surface area contributed by atoms with Crippen LogP contribution in [-0.4, -0.2) is 22.9 Å². The number of aliphatic hydroxyl groups is 1. The first-order chi connectivity index (χ1) is 7.92. The van der Waals surface area contributed by atoms with E-state index >= 15 is 0 Å². The van der Waals surface area contributed by atoms with Gasteiger partial charge in [-0.05, 0) is 57.4 Å². The minimum absolute atomic E-state index is 0.0985. The van der Waals surface area contributed by atoms with Gasteiger partial charge in [-0.2, -0.15) is 0 Å². The molecule has 0 saturated carbocycles. The summed E-state index contributed by atoms with van der Waals surface area (Å²) in [6, 6.07) is 0. The van der Waals surface area contributed by atoms with Crippen molar-refractivity contribution in [3.8, 4) is 0 Å². The highest BCUT2D eigenvalue weighted by molar-refractivity contribution is 5.12. The second kappa shape index (κ2) is 4.58. The molecule has 2 rings (SSSR count). The Morgan fingerprint density at radius 3 is 2.82 bits per heavy atom. The van der Waals surface area contributed by atoms with Gasteiger partial charge in [0.2, 0.25) is 0 Å². The van der Waals surface area contributed by atoms with Crippen LogP contribution < -0.4 is 0 Å². The lowest BCUT2D eigenvalue weighted by Crippen LogP contribution is -2.42. The number of hydrogen-bond acceptors (Lipinski definition) is 2. The lowest BCUT2D eigenvalue weighted by Gasteiger charge is -2.33. The Labute approximate surface area is 104 Å². The minimum Gasteiger partial charge on any atom is -0.390 e. The van der Waals surface area contributed by atoms with Crippen molar-refractivity contribution in [3.63, 3.8) is 0 Å². The first kappa shape index (κ1) is 12.8. The summed E-state index contributed by atoms with van der Waals surface area (Å²) in [7, 11) is 0. The van der Waals surface area contributed by atoms with Crippen LogP contribution in [0.1, 0.15) is 46.0 Å². The first-order valence-corrected chi connectivity index (χ1v) is 6.61. The van der Waals surface area contributed by atoms with Crippen LogP contribution in [0.2, 0.25) is 0 Å². The van der Waals surface area contributed by atoms with E-state index in [0.717, 1.165) is 37.7 Å². The highest BCUT2D eigenvalue weighted by atomic mass is 16.5. The third-order valence-corrected chi connectivity index (χ3v) is 4.50. The molecule has 17 heavy (non-hydrogen) atoms. The van der Waals surface area contributed by atoms with Gasteiger partial charge in [0.15, 0.2) is 0 Å². The van der Waals surface area contributed by atoms with E-state index in [9.17, 15) is 5.11 Å². The second-order valence-corrected chi connectivity index (χ2v) is 5.95. The van der Waals surface area contributed by atoms with Gasteiger partial charge < -0.3 is 9.84 Å². The van der Waals surface area contributed by atoms with Crippen LogP contribution in [0, 0.1) is 5.92 Å². The van der Waals surface area contributed by atoms with Crippen LogP contribution in [0.15, 0.2) is 24.3 Å². The molecule has 2 heterocycles. The van der Waals surface area contributed by atoms with Crippen LogP contribution in [-0.2, 0) is 4.74 Å². The van der Waals surface area contributed by atoms with Crippen molar-refractivity contribution in [1.82, 2.24) is 0 Å². The molecule has 0 aromatic rings. The fourth-order valence-electron chi connectivity index (χ4n) is 3.00. The molecule has 0 aliphatic carbocycles. The zero-order valence-electron chi connectivity index (χ0n) is 11.0. The van der Waals surface area contributed by atoms with E-state index in [0.29, 0.717) is 5.92 Å². The zero-order chi connectivity index (χ0) is 12.6. The normalized spacial score (nSPS) is 42.8. The van der Waals surface area contributed by atoms with Gasteiger partial charge in [0.25, 0.3) is 0 Å². The van der Waals surface area contributed by atoms with E-state index in [1.807, 2.05) is 6.92 Å². The topological polar surface area (TPSA) is 29.5 Å². The fourth-order valence-corrected chi connectivity index (χ4v) is 3.00. The smallest absolute Gasteiger partial charge is 0.0920 e. The lowest BCUT2D eigenvalue weighted by atomic mass is 9.83. The summed E-state index contributed by atoms with van der Waals surface area (Å²) >= 11 is 0. The molecule has 1 N–H and O–H groups in total. The molecule has 0 aromatic heterocycles. The summed E-state index contributed by atoms with van der Waals surface area (Å²) in [5.74, 6) is 0.504. The predicted molar refractivity (Wildman–Crippen MR) is 69.8 cm³/mol. The summed E-state index contributed by atoms with van der Waals surface area (Å²) in [5, 5.41) is 10.2. The number of allylic oxidation sites excluding steroid dienone is 1. The largest absolute Gasteiger partial charge is 0.390 e. The van der Waals surface area contributed by atoms with Crippen LogP contribution in [0.5, 0.6) is 0 Å². The van der Waals surface area contributed by atoms with Crippen molar-refractivity contribution in [2.45, 2.75) is 63.8 Å². The van der Waals surface area contributed by atoms with Gasteiger partial charge in [0, 0.05) is 0 Å². The average molecular weight is 236 g/mol. The molecule has 96 valence electrons.